The molecule has 0 saturated heterocycles. The zero-order chi connectivity index (χ0) is 27.3. The maximum absolute atomic E-state index is 16.6. The van der Waals surface area contributed by atoms with E-state index >= 15 is 8.78 Å². The van der Waals surface area contributed by atoms with Crippen molar-refractivity contribution in [3.63, 3.8) is 0 Å². The first-order valence-corrected chi connectivity index (χ1v) is 13.2. The van der Waals surface area contributed by atoms with Gasteiger partial charge in [0.15, 0.2) is 24.2 Å². The van der Waals surface area contributed by atoms with E-state index in [0.29, 0.717) is 28.9 Å². The van der Waals surface area contributed by atoms with Gasteiger partial charge in [0.05, 0.1) is 15.9 Å². The zero-order valence-electron chi connectivity index (χ0n) is 20.0. The van der Waals surface area contributed by atoms with E-state index in [0.717, 1.165) is 9.13 Å². The number of aromatic nitrogens is 3. The molecule has 3 heterocycles. The normalized spacial score (nSPS) is 11.7. The zero-order valence-corrected chi connectivity index (χ0v) is 20.8. The summed E-state index contributed by atoms with van der Waals surface area (Å²) in [4.78, 5) is 26.1. The molecule has 6 rings (SSSR count). The molecule has 7 nitrogen and oxygen atoms in total. The smallest absolute Gasteiger partial charge is 0.240 e. The molecule has 0 radical (unpaired) electrons. The molecule has 0 N–H and O–H groups in total. The molecule has 0 spiro atoms. The third kappa shape index (κ3) is 3.68. The fourth-order valence-corrected chi connectivity index (χ4v) is 6.30. The lowest BCUT2D eigenvalue weighted by Gasteiger charge is -2.17. The number of carbonyl (C=O) groups excluding carboxylic acids is 2. The molecule has 0 unspecified atom stereocenters. The minimum atomic E-state index is -4.67. The van der Waals surface area contributed by atoms with Crippen LogP contribution in [0.2, 0.25) is 0 Å². The first-order valence-electron chi connectivity index (χ1n) is 11.7. The second-order valence-corrected chi connectivity index (χ2v) is 10.6. The number of nitrogens with zero attached hydrogens (tertiary/aromatic N) is 3. The average Bonchev–Trinajstić information content (AvgIpc) is 3.52. The third-order valence-corrected chi connectivity index (χ3v) is 8.34. The molecular formula is C29H17F2N3O4S. The molecule has 192 valence electrons. The van der Waals surface area contributed by atoms with Crippen LogP contribution < -0.4 is 0 Å². The van der Waals surface area contributed by atoms with Gasteiger partial charge < -0.3 is 4.57 Å². The number of benzene rings is 3. The summed E-state index contributed by atoms with van der Waals surface area (Å²) in [5.74, 6) is -3.24. The van der Waals surface area contributed by atoms with Gasteiger partial charge in [0.1, 0.15) is 10.6 Å². The van der Waals surface area contributed by atoms with Gasteiger partial charge in [-0.05, 0) is 24.3 Å². The van der Waals surface area contributed by atoms with Crippen LogP contribution in [0.5, 0.6) is 0 Å². The van der Waals surface area contributed by atoms with Crippen molar-refractivity contribution in [2.24, 2.45) is 0 Å². The number of rotatable bonds is 6. The molecular weight excluding hydrogens is 524 g/mol. The number of fused-ring (bicyclic) bond motifs is 2. The first-order chi connectivity index (χ1) is 18.9. The Labute approximate surface area is 220 Å². The SMILES string of the molecule is O=Cc1cn(-c2nc(F)c(-n3cc(C=O)c4ccccc43)c(S(=O)(=O)c3ccccc3)c2F)c2ccccc12. The molecule has 0 aliphatic carbocycles. The Kier molecular flexibility index (Phi) is 5.69. The van der Waals surface area contributed by atoms with E-state index in [-0.39, 0.29) is 21.5 Å². The van der Waals surface area contributed by atoms with Crippen LogP contribution in [-0.4, -0.2) is 35.1 Å². The Hall–Kier alpha value is -4.96. The monoisotopic (exact) mass is 541 g/mol. The van der Waals surface area contributed by atoms with Gasteiger partial charge in [-0.15, -0.1) is 0 Å². The van der Waals surface area contributed by atoms with Crippen molar-refractivity contribution in [2.45, 2.75) is 9.79 Å². The van der Waals surface area contributed by atoms with E-state index in [2.05, 4.69) is 4.98 Å². The van der Waals surface area contributed by atoms with Gasteiger partial charge in [-0.25, -0.2) is 12.8 Å². The van der Waals surface area contributed by atoms with Crippen molar-refractivity contribution in [1.29, 1.82) is 0 Å². The van der Waals surface area contributed by atoms with Crippen LogP contribution in [0.1, 0.15) is 20.7 Å². The summed E-state index contributed by atoms with van der Waals surface area (Å²) in [6.45, 7) is 0. The predicted octanol–water partition coefficient (Wildman–Crippen LogP) is 5.71. The largest absolute Gasteiger partial charge is 0.311 e. The molecule has 0 fully saturated rings. The number of hydrogen-bond donors (Lipinski definition) is 0. The minimum absolute atomic E-state index is 0.157. The Morgan fingerprint density at radius 2 is 1.21 bits per heavy atom. The lowest BCUT2D eigenvalue weighted by molar-refractivity contribution is 0.111. The third-order valence-electron chi connectivity index (χ3n) is 6.54. The van der Waals surface area contributed by atoms with Crippen LogP contribution in [0.25, 0.3) is 33.3 Å². The number of aldehydes is 2. The maximum Gasteiger partial charge on any atom is 0.240 e. The Morgan fingerprint density at radius 3 is 1.79 bits per heavy atom. The first kappa shape index (κ1) is 24.4. The quantitative estimate of drug-likeness (QED) is 0.199. The van der Waals surface area contributed by atoms with Crippen LogP contribution in [0, 0.1) is 11.8 Å². The van der Waals surface area contributed by atoms with Crippen LogP contribution >= 0.6 is 0 Å². The predicted molar refractivity (Wildman–Crippen MR) is 140 cm³/mol. The molecule has 0 aliphatic rings. The Bertz CT molecular complexity index is 2050. The van der Waals surface area contributed by atoms with E-state index in [1.54, 1.807) is 54.6 Å². The highest BCUT2D eigenvalue weighted by atomic mass is 32.2. The maximum atomic E-state index is 16.6. The van der Waals surface area contributed by atoms with Crippen molar-refractivity contribution >= 4 is 44.2 Å². The number of hydrogen-bond acceptors (Lipinski definition) is 5. The molecule has 0 aliphatic heterocycles. The average molecular weight is 542 g/mol. The molecule has 10 heteroatoms. The van der Waals surface area contributed by atoms with Gasteiger partial charge in [-0.2, -0.15) is 9.37 Å². The van der Waals surface area contributed by atoms with E-state index < -0.39 is 38.0 Å². The summed E-state index contributed by atoms with van der Waals surface area (Å²) in [5, 5.41) is 0.879. The van der Waals surface area contributed by atoms with Crippen LogP contribution in [-0.2, 0) is 9.84 Å². The molecule has 0 atom stereocenters. The number of para-hydroxylation sites is 2. The molecule has 6 aromatic rings. The molecule has 3 aromatic carbocycles. The van der Waals surface area contributed by atoms with Gasteiger partial charge in [0, 0.05) is 34.3 Å². The molecule has 0 bridgehead atoms. The second kappa shape index (κ2) is 9.10. The highest BCUT2D eigenvalue weighted by Gasteiger charge is 2.34. The van der Waals surface area contributed by atoms with Gasteiger partial charge in [0.25, 0.3) is 0 Å². The summed E-state index contributed by atoms with van der Waals surface area (Å²) in [6.07, 6.45) is 3.64. The fourth-order valence-electron chi connectivity index (χ4n) is 4.79. The van der Waals surface area contributed by atoms with E-state index in [1.807, 2.05) is 0 Å². The molecule has 0 amide bonds. The summed E-state index contributed by atoms with van der Waals surface area (Å²) in [5.41, 5.74) is 0.291. The van der Waals surface area contributed by atoms with E-state index in [4.69, 9.17) is 0 Å². The van der Waals surface area contributed by atoms with Gasteiger partial charge in [-0.1, -0.05) is 54.6 Å². The van der Waals surface area contributed by atoms with Crippen LogP contribution in [0.3, 0.4) is 0 Å². The highest BCUT2D eigenvalue weighted by molar-refractivity contribution is 7.91. The highest BCUT2D eigenvalue weighted by Crippen LogP contribution is 2.37. The van der Waals surface area contributed by atoms with Crippen molar-refractivity contribution in [3.8, 4) is 11.5 Å². The van der Waals surface area contributed by atoms with E-state index in [1.165, 1.54) is 36.7 Å². The number of carbonyl (C=O) groups is 2. The van der Waals surface area contributed by atoms with Crippen molar-refractivity contribution in [3.05, 3.63) is 114 Å². The lowest BCUT2D eigenvalue weighted by atomic mass is 10.2. The van der Waals surface area contributed by atoms with Gasteiger partial charge in [-0.3, -0.25) is 14.2 Å². The van der Waals surface area contributed by atoms with Gasteiger partial charge in [0.2, 0.25) is 15.8 Å². The number of sulfone groups is 1. The second-order valence-electron chi connectivity index (χ2n) is 8.71. The van der Waals surface area contributed by atoms with Crippen molar-refractivity contribution in [1.82, 2.24) is 14.1 Å². The summed E-state index contributed by atoms with van der Waals surface area (Å²) in [6, 6.07) is 20.1. The Morgan fingerprint density at radius 1 is 0.692 bits per heavy atom. The summed E-state index contributed by atoms with van der Waals surface area (Å²) < 4.78 is 62.8. The molecule has 3 aromatic heterocycles. The van der Waals surface area contributed by atoms with Crippen molar-refractivity contribution in [2.75, 3.05) is 0 Å². The Balaban J connectivity index is 1.76. The number of halogens is 2. The molecule has 39 heavy (non-hydrogen) atoms. The van der Waals surface area contributed by atoms with E-state index in [9.17, 15) is 18.0 Å². The standard InChI is InChI=1S/C29H17F2N3O4S/c30-25-27(39(37,38)20-8-2-1-3-9-20)26(33-14-18(16-35)21-10-4-6-12-23(21)33)28(31)32-29(25)34-15-19(17-36)22-11-5-7-13-24(22)34/h1-17H. The molecule has 0 saturated carbocycles. The topological polar surface area (TPSA) is 91.0 Å². The number of pyridine rings is 1. The van der Waals surface area contributed by atoms with Crippen LogP contribution in [0.15, 0.2) is 101 Å². The van der Waals surface area contributed by atoms with Crippen LogP contribution in [0.4, 0.5) is 8.78 Å². The summed E-state index contributed by atoms with van der Waals surface area (Å²) >= 11 is 0. The minimum Gasteiger partial charge on any atom is -0.311 e. The van der Waals surface area contributed by atoms with Crippen molar-refractivity contribution < 1.29 is 26.8 Å². The van der Waals surface area contributed by atoms with Gasteiger partial charge >= 0.3 is 0 Å². The summed E-state index contributed by atoms with van der Waals surface area (Å²) in [7, 11) is -4.67. The lowest BCUT2D eigenvalue weighted by Crippen LogP contribution is -2.16. The fraction of sp³-hybridized carbons (Fsp3) is 0.